The maximum Gasteiger partial charge on any atom is 0.220 e. The number of ether oxygens (including phenoxy) is 1. The maximum atomic E-state index is 11.2. The number of amides is 1. The van der Waals surface area contributed by atoms with E-state index in [1.54, 1.807) is 7.11 Å². The molecular weight excluding hydrogens is 246 g/mol. The molecule has 14 heavy (non-hydrogen) atoms. The van der Waals surface area contributed by atoms with E-state index in [0.29, 0.717) is 30.3 Å². The van der Waals surface area contributed by atoms with Crippen LogP contribution in [0.2, 0.25) is 0 Å². The van der Waals surface area contributed by atoms with Crippen LogP contribution in [0.4, 0.5) is 0 Å². The van der Waals surface area contributed by atoms with Gasteiger partial charge in [0.2, 0.25) is 5.91 Å². The van der Waals surface area contributed by atoms with Gasteiger partial charge >= 0.3 is 0 Å². The molecule has 0 aromatic rings. The summed E-state index contributed by atoms with van der Waals surface area (Å²) in [4.78, 5) is 11.6. The number of rotatable bonds is 7. The van der Waals surface area contributed by atoms with Crippen molar-refractivity contribution in [3.63, 3.8) is 0 Å². The second-order valence-corrected chi connectivity index (χ2v) is 5.08. The first-order chi connectivity index (χ1) is 6.56. The Morgan fingerprint density at radius 1 is 1.50 bits per heavy atom. The van der Waals surface area contributed by atoms with Gasteiger partial charge in [0.1, 0.15) is 0 Å². The molecule has 0 aliphatic carbocycles. The molecule has 0 rings (SSSR count). The fourth-order valence-electron chi connectivity index (χ4n) is 1.08. The van der Waals surface area contributed by atoms with Crippen molar-refractivity contribution in [3.8, 4) is 0 Å². The predicted octanol–water partition coefficient (Wildman–Crippen LogP) is 1.95. The third-order valence-corrected chi connectivity index (χ3v) is 2.44. The smallest absolute Gasteiger partial charge is 0.220 e. The first kappa shape index (κ1) is 13.9. The van der Waals surface area contributed by atoms with Gasteiger partial charge in [0, 0.05) is 24.9 Å². The molecule has 0 saturated carbocycles. The number of nitrogens with one attached hydrogen (secondary N) is 1. The molecule has 3 nitrogen and oxygen atoms in total. The van der Waals surface area contributed by atoms with Gasteiger partial charge in [-0.15, -0.1) is 0 Å². The Balaban J connectivity index is 3.39. The number of carbonyl (C=O) groups is 1. The van der Waals surface area contributed by atoms with Crippen LogP contribution in [0.25, 0.3) is 0 Å². The van der Waals surface area contributed by atoms with Crippen LogP contribution < -0.4 is 5.32 Å². The summed E-state index contributed by atoms with van der Waals surface area (Å²) >= 11 is 3.46. The summed E-state index contributed by atoms with van der Waals surface area (Å²) < 4.78 is 4.97. The van der Waals surface area contributed by atoms with Gasteiger partial charge in [-0.3, -0.25) is 4.79 Å². The minimum absolute atomic E-state index is 0.136. The zero-order valence-corrected chi connectivity index (χ0v) is 10.8. The minimum atomic E-state index is 0.136. The minimum Gasteiger partial charge on any atom is -0.384 e. The highest BCUT2D eigenvalue weighted by Gasteiger charge is 2.06. The van der Waals surface area contributed by atoms with E-state index in [1.807, 2.05) is 13.8 Å². The Labute approximate surface area is 94.7 Å². The van der Waals surface area contributed by atoms with Crippen molar-refractivity contribution >= 4 is 21.8 Å². The maximum absolute atomic E-state index is 11.2. The summed E-state index contributed by atoms with van der Waals surface area (Å²) in [5, 5.41) is 2.88. The van der Waals surface area contributed by atoms with Crippen molar-refractivity contribution in [1.82, 2.24) is 5.32 Å². The average molecular weight is 266 g/mol. The molecule has 0 aromatic heterocycles. The van der Waals surface area contributed by atoms with Crippen LogP contribution in [0.15, 0.2) is 0 Å². The normalized spacial score (nSPS) is 12.9. The third kappa shape index (κ3) is 8.51. The number of carbonyl (C=O) groups excluding carboxylic acids is 1. The van der Waals surface area contributed by atoms with Crippen LogP contribution in [0.5, 0.6) is 0 Å². The number of halogens is 1. The van der Waals surface area contributed by atoms with Gasteiger partial charge in [0.05, 0.1) is 6.61 Å². The fourth-order valence-corrected chi connectivity index (χ4v) is 1.57. The number of hydrogen-bond donors (Lipinski definition) is 1. The molecule has 84 valence electrons. The van der Waals surface area contributed by atoms with Crippen LogP contribution in [0, 0.1) is 5.92 Å². The molecule has 0 spiro atoms. The average Bonchev–Trinajstić information content (AvgIpc) is 2.02. The van der Waals surface area contributed by atoms with E-state index in [1.165, 1.54) is 0 Å². The summed E-state index contributed by atoms with van der Waals surface area (Å²) in [6, 6.07) is 0. The standard InChI is InChI=1S/C10H20BrNO2/c1-8(2)6-10(13)12-5-4-9(11)7-14-3/h8-9H,4-7H2,1-3H3,(H,12,13). The summed E-state index contributed by atoms with van der Waals surface area (Å²) in [6.45, 7) is 5.47. The van der Waals surface area contributed by atoms with Gasteiger partial charge in [0.15, 0.2) is 0 Å². The predicted molar refractivity (Wildman–Crippen MR) is 61.7 cm³/mol. The third-order valence-electron chi connectivity index (χ3n) is 1.72. The molecule has 0 radical (unpaired) electrons. The topological polar surface area (TPSA) is 38.3 Å². The van der Waals surface area contributed by atoms with Crippen LogP contribution >= 0.6 is 15.9 Å². The van der Waals surface area contributed by atoms with Crippen molar-refractivity contribution in [2.24, 2.45) is 5.92 Å². The molecule has 1 N–H and O–H groups in total. The first-order valence-electron chi connectivity index (χ1n) is 4.96. The number of methoxy groups -OCH3 is 1. The van der Waals surface area contributed by atoms with E-state index in [4.69, 9.17) is 4.74 Å². The van der Waals surface area contributed by atoms with E-state index < -0.39 is 0 Å². The molecule has 0 bridgehead atoms. The van der Waals surface area contributed by atoms with E-state index in [-0.39, 0.29) is 5.91 Å². The van der Waals surface area contributed by atoms with Gasteiger partial charge in [0.25, 0.3) is 0 Å². The zero-order valence-electron chi connectivity index (χ0n) is 9.18. The van der Waals surface area contributed by atoms with Crippen molar-refractivity contribution in [2.45, 2.75) is 31.5 Å². The quantitative estimate of drug-likeness (QED) is 0.715. The Bertz CT molecular complexity index is 162. The van der Waals surface area contributed by atoms with Crippen molar-refractivity contribution < 1.29 is 9.53 Å². The van der Waals surface area contributed by atoms with Gasteiger partial charge < -0.3 is 10.1 Å². The van der Waals surface area contributed by atoms with Crippen LogP contribution in [-0.4, -0.2) is 31.0 Å². The molecule has 0 aliphatic rings. The summed E-state index contributed by atoms with van der Waals surface area (Å²) in [5.74, 6) is 0.561. The molecule has 0 saturated heterocycles. The molecule has 1 atom stereocenters. The molecule has 0 heterocycles. The Hall–Kier alpha value is -0.0900. The van der Waals surface area contributed by atoms with Crippen molar-refractivity contribution in [2.75, 3.05) is 20.3 Å². The Morgan fingerprint density at radius 2 is 2.14 bits per heavy atom. The molecular formula is C10H20BrNO2. The molecule has 0 aliphatic heterocycles. The Kier molecular flexibility index (Phi) is 8.18. The lowest BCUT2D eigenvalue weighted by Crippen LogP contribution is -2.27. The highest BCUT2D eigenvalue weighted by atomic mass is 79.9. The SMILES string of the molecule is COCC(Br)CCNC(=O)CC(C)C. The van der Waals surface area contributed by atoms with Gasteiger partial charge in [-0.05, 0) is 12.3 Å². The van der Waals surface area contributed by atoms with Gasteiger partial charge in [-0.25, -0.2) is 0 Å². The number of alkyl halides is 1. The molecule has 0 fully saturated rings. The molecule has 4 heteroatoms. The number of hydrogen-bond acceptors (Lipinski definition) is 2. The molecule has 0 aromatic carbocycles. The molecule has 1 amide bonds. The first-order valence-corrected chi connectivity index (χ1v) is 5.87. The van der Waals surface area contributed by atoms with E-state index >= 15 is 0 Å². The van der Waals surface area contributed by atoms with E-state index in [2.05, 4.69) is 21.2 Å². The highest BCUT2D eigenvalue weighted by molar-refractivity contribution is 9.09. The van der Waals surface area contributed by atoms with E-state index in [0.717, 1.165) is 6.42 Å². The summed E-state index contributed by atoms with van der Waals surface area (Å²) in [5.41, 5.74) is 0. The lowest BCUT2D eigenvalue weighted by atomic mass is 10.1. The summed E-state index contributed by atoms with van der Waals surface area (Å²) in [6.07, 6.45) is 1.51. The fraction of sp³-hybridized carbons (Fsp3) is 0.900. The lowest BCUT2D eigenvalue weighted by molar-refractivity contribution is -0.121. The van der Waals surface area contributed by atoms with Crippen molar-refractivity contribution in [1.29, 1.82) is 0 Å². The van der Waals surface area contributed by atoms with E-state index in [9.17, 15) is 4.79 Å². The second kappa shape index (κ2) is 8.24. The Morgan fingerprint density at radius 3 is 2.64 bits per heavy atom. The monoisotopic (exact) mass is 265 g/mol. The second-order valence-electron chi connectivity index (χ2n) is 3.79. The molecule has 1 unspecified atom stereocenters. The zero-order chi connectivity index (χ0) is 11.0. The lowest BCUT2D eigenvalue weighted by Gasteiger charge is -2.10. The van der Waals surface area contributed by atoms with Crippen LogP contribution in [0.1, 0.15) is 26.7 Å². The van der Waals surface area contributed by atoms with Crippen LogP contribution in [0.3, 0.4) is 0 Å². The largest absolute Gasteiger partial charge is 0.384 e. The van der Waals surface area contributed by atoms with Crippen molar-refractivity contribution in [3.05, 3.63) is 0 Å². The van der Waals surface area contributed by atoms with Gasteiger partial charge in [-0.1, -0.05) is 29.8 Å². The van der Waals surface area contributed by atoms with Gasteiger partial charge in [-0.2, -0.15) is 0 Å². The highest BCUT2D eigenvalue weighted by Crippen LogP contribution is 2.04. The summed E-state index contributed by atoms with van der Waals surface area (Å²) in [7, 11) is 1.67. The van der Waals surface area contributed by atoms with Crippen LogP contribution in [-0.2, 0) is 9.53 Å².